The Morgan fingerprint density at radius 2 is 2.25 bits per heavy atom. The molecule has 20 heavy (non-hydrogen) atoms. The van der Waals surface area contributed by atoms with Crippen LogP contribution in [0.15, 0.2) is 16.5 Å². The van der Waals surface area contributed by atoms with Gasteiger partial charge < -0.3 is 19.8 Å². The highest BCUT2D eigenvalue weighted by Gasteiger charge is 2.25. The normalized spacial score (nSPS) is 17.9. The first-order valence-corrected chi connectivity index (χ1v) is 7.33. The highest BCUT2D eigenvalue weighted by Crippen LogP contribution is 2.20. The van der Waals surface area contributed by atoms with Crippen molar-refractivity contribution in [3.8, 4) is 0 Å². The lowest BCUT2D eigenvalue weighted by Crippen LogP contribution is -2.40. The van der Waals surface area contributed by atoms with Gasteiger partial charge in [-0.15, -0.1) is 0 Å². The van der Waals surface area contributed by atoms with Crippen LogP contribution >= 0.6 is 0 Å². The van der Waals surface area contributed by atoms with Crippen LogP contribution in [0.25, 0.3) is 0 Å². The molecule has 0 bridgehead atoms. The molecule has 1 unspecified atom stereocenters. The smallest absolute Gasteiger partial charge is 0.223 e. The van der Waals surface area contributed by atoms with Crippen LogP contribution in [0.1, 0.15) is 37.3 Å². The van der Waals surface area contributed by atoms with E-state index >= 15 is 0 Å². The zero-order valence-corrected chi connectivity index (χ0v) is 12.3. The molecule has 112 valence electrons. The maximum atomic E-state index is 12.3. The van der Waals surface area contributed by atoms with Crippen molar-refractivity contribution < 1.29 is 13.9 Å². The summed E-state index contributed by atoms with van der Waals surface area (Å²) in [5, 5.41) is 6.32. The summed E-state index contributed by atoms with van der Waals surface area (Å²) in [7, 11) is 1.63. The Kier molecular flexibility index (Phi) is 5.61. The molecule has 0 spiro atoms. The summed E-state index contributed by atoms with van der Waals surface area (Å²) < 4.78 is 10.9. The Labute approximate surface area is 120 Å². The summed E-state index contributed by atoms with van der Waals surface area (Å²) >= 11 is 0. The van der Waals surface area contributed by atoms with E-state index in [9.17, 15) is 4.79 Å². The number of methoxy groups -OCH3 is 1. The number of rotatable bonds is 6. The first-order chi connectivity index (χ1) is 9.74. The number of nitrogens with one attached hydrogen (secondary N) is 2. The number of furan rings is 1. The molecule has 1 amide bonds. The van der Waals surface area contributed by atoms with Gasteiger partial charge in [-0.05, 0) is 38.1 Å². The molecule has 5 nitrogen and oxygen atoms in total. The second-order valence-electron chi connectivity index (χ2n) is 5.20. The van der Waals surface area contributed by atoms with E-state index in [0.717, 1.165) is 43.9 Å². The average molecular weight is 280 g/mol. The van der Waals surface area contributed by atoms with Crippen molar-refractivity contribution in [1.82, 2.24) is 10.6 Å². The molecule has 1 atom stereocenters. The van der Waals surface area contributed by atoms with Crippen LogP contribution in [0.3, 0.4) is 0 Å². The molecular weight excluding hydrogens is 256 g/mol. The van der Waals surface area contributed by atoms with Crippen LogP contribution in [0.4, 0.5) is 0 Å². The minimum Gasteiger partial charge on any atom is -0.464 e. The molecule has 0 saturated carbocycles. The minimum atomic E-state index is -0.206. The number of amides is 1. The van der Waals surface area contributed by atoms with Gasteiger partial charge in [0.05, 0.1) is 6.61 Å². The molecule has 2 rings (SSSR count). The van der Waals surface area contributed by atoms with Crippen molar-refractivity contribution in [3.05, 3.63) is 23.7 Å². The largest absolute Gasteiger partial charge is 0.464 e. The topological polar surface area (TPSA) is 63.5 Å². The molecule has 2 N–H and O–H groups in total. The SMILES string of the molecule is CCc1ccc(C(COC)NC(=O)C2CCNCC2)o1. The first kappa shape index (κ1) is 15.1. The zero-order chi connectivity index (χ0) is 14.4. The molecule has 2 heterocycles. The molecule has 5 heteroatoms. The van der Waals surface area contributed by atoms with Gasteiger partial charge in [0.1, 0.15) is 17.6 Å². The Morgan fingerprint density at radius 3 is 2.85 bits per heavy atom. The molecule has 0 aliphatic carbocycles. The van der Waals surface area contributed by atoms with Crippen molar-refractivity contribution in [3.63, 3.8) is 0 Å². The molecule has 1 aliphatic rings. The number of piperidine rings is 1. The monoisotopic (exact) mass is 280 g/mol. The van der Waals surface area contributed by atoms with Gasteiger partial charge in [0.2, 0.25) is 5.91 Å². The van der Waals surface area contributed by atoms with E-state index in [1.807, 2.05) is 19.1 Å². The first-order valence-electron chi connectivity index (χ1n) is 7.33. The fourth-order valence-corrected chi connectivity index (χ4v) is 2.51. The highest BCUT2D eigenvalue weighted by molar-refractivity contribution is 5.79. The van der Waals surface area contributed by atoms with Gasteiger partial charge in [0, 0.05) is 19.4 Å². The van der Waals surface area contributed by atoms with Crippen molar-refractivity contribution in [2.24, 2.45) is 5.92 Å². The van der Waals surface area contributed by atoms with Gasteiger partial charge in [-0.25, -0.2) is 0 Å². The Morgan fingerprint density at radius 1 is 1.50 bits per heavy atom. The summed E-state index contributed by atoms with van der Waals surface area (Å²) in [6.45, 7) is 4.29. The van der Waals surface area contributed by atoms with Gasteiger partial charge in [-0.1, -0.05) is 6.92 Å². The van der Waals surface area contributed by atoms with Crippen LogP contribution in [0, 0.1) is 5.92 Å². The zero-order valence-electron chi connectivity index (χ0n) is 12.3. The molecule has 1 fully saturated rings. The van der Waals surface area contributed by atoms with Gasteiger partial charge in [0.25, 0.3) is 0 Å². The highest BCUT2D eigenvalue weighted by atomic mass is 16.5. The fraction of sp³-hybridized carbons (Fsp3) is 0.667. The standard InChI is InChI=1S/C15H24N2O3/c1-3-12-4-5-14(20-12)13(10-19-2)17-15(18)11-6-8-16-9-7-11/h4-5,11,13,16H,3,6-10H2,1-2H3,(H,17,18). The fourth-order valence-electron chi connectivity index (χ4n) is 2.51. The summed E-state index contributed by atoms with van der Waals surface area (Å²) in [4.78, 5) is 12.3. The molecule has 0 radical (unpaired) electrons. The Hall–Kier alpha value is -1.33. The molecule has 0 aromatic carbocycles. The van der Waals surface area contributed by atoms with E-state index in [1.165, 1.54) is 0 Å². The molecule has 1 saturated heterocycles. The van der Waals surface area contributed by atoms with Crippen LogP contribution in [0.5, 0.6) is 0 Å². The number of hydrogen-bond donors (Lipinski definition) is 2. The molecule has 1 aromatic rings. The van der Waals surface area contributed by atoms with Crippen LogP contribution in [-0.2, 0) is 16.0 Å². The maximum Gasteiger partial charge on any atom is 0.223 e. The van der Waals surface area contributed by atoms with Crippen LogP contribution in [0.2, 0.25) is 0 Å². The van der Waals surface area contributed by atoms with E-state index < -0.39 is 0 Å². The number of carbonyl (C=O) groups excluding carboxylic acids is 1. The van der Waals surface area contributed by atoms with Crippen molar-refractivity contribution >= 4 is 5.91 Å². The Bertz CT molecular complexity index is 425. The van der Waals surface area contributed by atoms with Gasteiger partial charge in [-0.3, -0.25) is 4.79 Å². The number of hydrogen-bond acceptors (Lipinski definition) is 4. The predicted octanol–water partition coefficient (Wildman–Crippen LogP) is 1.65. The van der Waals surface area contributed by atoms with E-state index in [1.54, 1.807) is 7.11 Å². The van der Waals surface area contributed by atoms with E-state index in [2.05, 4.69) is 10.6 Å². The van der Waals surface area contributed by atoms with E-state index in [-0.39, 0.29) is 17.9 Å². The van der Waals surface area contributed by atoms with Gasteiger partial charge >= 0.3 is 0 Å². The lowest BCUT2D eigenvalue weighted by atomic mass is 9.97. The van der Waals surface area contributed by atoms with Crippen LogP contribution in [-0.4, -0.2) is 32.7 Å². The molecule has 1 aliphatic heterocycles. The third kappa shape index (κ3) is 3.84. The molecular formula is C15H24N2O3. The quantitative estimate of drug-likeness (QED) is 0.831. The third-order valence-corrected chi connectivity index (χ3v) is 3.73. The lowest BCUT2D eigenvalue weighted by Gasteiger charge is -2.24. The minimum absolute atomic E-state index is 0.0937. The summed E-state index contributed by atoms with van der Waals surface area (Å²) in [6, 6.07) is 3.67. The van der Waals surface area contributed by atoms with Gasteiger partial charge in [0.15, 0.2) is 0 Å². The lowest BCUT2D eigenvalue weighted by molar-refractivity contribution is -0.127. The van der Waals surface area contributed by atoms with E-state index in [0.29, 0.717) is 6.61 Å². The Balaban J connectivity index is 1.99. The second kappa shape index (κ2) is 7.45. The maximum absolute atomic E-state index is 12.3. The van der Waals surface area contributed by atoms with Crippen LogP contribution < -0.4 is 10.6 Å². The summed E-state index contributed by atoms with van der Waals surface area (Å²) in [5.74, 6) is 1.89. The van der Waals surface area contributed by atoms with Crippen molar-refractivity contribution in [2.45, 2.75) is 32.2 Å². The van der Waals surface area contributed by atoms with Crippen molar-refractivity contribution in [2.75, 3.05) is 26.8 Å². The second-order valence-corrected chi connectivity index (χ2v) is 5.20. The molecule has 1 aromatic heterocycles. The number of carbonyl (C=O) groups is 1. The number of ether oxygens (including phenoxy) is 1. The number of aryl methyl sites for hydroxylation is 1. The summed E-state index contributed by atoms with van der Waals surface area (Å²) in [5.41, 5.74) is 0. The summed E-state index contributed by atoms with van der Waals surface area (Å²) in [6.07, 6.45) is 2.63. The van der Waals surface area contributed by atoms with Crippen molar-refractivity contribution in [1.29, 1.82) is 0 Å². The predicted molar refractivity (Wildman–Crippen MR) is 76.4 cm³/mol. The average Bonchev–Trinajstić information content (AvgIpc) is 2.96. The van der Waals surface area contributed by atoms with E-state index in [4.69, 9.17) is 9.15 Å². The third-order valence-electron chi connectivity index (χ3n) is 3.73. The van der Waals surface area contributed by atoms with Gasteiger partial charge in [-0.2, -0.15) is 0 Å².